The van der Waals surface area contributed by atoms with Crippen LogP contribution in [0.15, 0.2) is 30.3 Å². The minimum Gasteiger partial charge on any atom is -0.315 e. The number of hydrogen-bond acceptors (Lipinski definition) is 5. The lowest BCUT2D eigenvalue weighted by Crippen LogP contribution is -2.51. The van der Waals surface area contributed by atoms with Gasteiger partial charge in [-0.3, -0.25) is 14.9 Å². The Morgan fingerprint density at radius 3 is 2.85 bits per heavy atom. The standard InChI is InChI=1S/C19H20N4O3S/c24-16-8-9-23(19(26)22-16)11-17(25)21-18-20-14-7-6-13(10-15(14)27-18)12-4-2-1-3-5-12/h1-5,13H,6-11H2,(H,20,21,25)(H,22,24,26). The van der Waals surface area contributed by atoms with E-state index in [4.69, 9.17) is 0 Å². The fourth-order valence-electron chi connectivity index (χ4n) is 3.52. The monoisotopic (exact) mass is 384 g/mol. The van der Waals surface area contributed by atoms with E-state index >= 15 is 0 Å². The SMILES string of the molecule is O=C1CCN(CC(=O)Nc2nc3c(s2)CC(c2ccccc2)CC3)C(=O)N1. The number of aromatic nitrogens is 1. The van der Waals surface area contributed by atoms with Gasteiger partial charge < -0.3 is 10.2 Å². The third-order valence-corrected chi connectivity index (χ3v) is 5.97. The molecule has 1 atom stereocenters. The molecule has 4 rings (SSSR count). The van der Waals surface area contributed by atoms with Gasteiger partial charge in [-0.25, -0.2) is 9.78 Å². The molecule has 140 valence electrons. The third-order valence-electron chi connectivity index (χ3n) is 4.93. The number of carbonyl (C=O) groups excluding carboxylic acids is 3. The number of nitrogens with one attached hydrogen (secondary N) is 2. The van der Waals surface area contributed by atoms with Gasteiger partial charge >= 0.3 is 6.03 Å². The first-order valence-electron chi connectivity index (χ1n) is 9.00. The maximum atomic E-state index is 12.3. The number of hydrogen-bond donors (Lipinski definition) is 2. The van der Waals surface area contributed by atoms with E-state index in [1.165, 1.54) is 26.7 Å². The Balaban J connectivity index is 1.37. The van der Waals surface area contributed by atoms with Crippen molar-refractivity contribution in [3.63, 3.8) is 0 Å². The lowest BCUT2D eigenvalue weighted by Gasteiger charge is -2.25. The van der Waals surface area contributed by atoms with Crippen molar-refractivity contribution in [2.24, 2.45) is 0 Å². The summed E-state index contributed by atoms with van der Waals surface area (Å²) in [5, 5.41) is 5.58. The van der Waals surface area contributed by atoms with Crippen LogP contribution in [-0.4, -0.2) is 40.8 Å². The van der Waals surface area contributed by atoms with Crippen molar-refractivity contribution < 1.29 is 14.4 Å². The van der Waals surface area contributed by atoms with Gasteiger partial charge in [0.15, 0.2) is 5.13 Å². The summed E-state index contributed by atoms with van der Waals surface area (Å²) in [6.07, 6.45) is 3.10. The summed E-state index contributed by atoms with van der Waals surface area (Å²) in [6, 6.07) is 9.95. The van der Waals surface area contributed by atoms with Crippen LogP contribution in [0.25, 0.3) is 0 Å². The zero-order valence-electron chi connectivity index (χ0n) is 14.7. The summed E-state index contributed by atoms with van der Waals surface area (Å²) in [7, 11) is 0. The van der Waals surface area contributed by atoms with Gasteiger partial charge in [0.1, 0.15) is 6.54 Å². The normalized spacial score (nSPS) is 19.4. The van der Waals surface area contributed by atoms with Gasteiger partial charge in [-0.1, -0.05) is 30.3 Å². The smallest absolute Gasteiger partial charge is 0.315 e. The first kappa shape index (κ1) is 17.7. The number of amides is 4. The number of thiazole rings is 1. The molecule has 0 bridgehead atoms. The van der Waals surface area contributed by atoms with E-state index in [1.54, 1.807) is 0 Å². The average molecular weight is 384 g/mol. The Morgan fingerprint density at radius 2 is 2.07 bits per heavy atom. The minimum atomic E-state index is -0.523. The first-order chi connectivity index (χ1) is 13.1. The van der Waals surface area contributed by atoms with Crippen LogP contribution >= 0.6 is 11.3 Å². The second-order valence-electron chi connectivity index (χ2n) is 6.81. The van der Waals surface area contributed by atoms with Gasteiger partial charge in [-0.2, -0.15) is 0 Å². The highest BCUT2D eigenvalue weighted by atomic mass is 32.1. The van der Waals surface area contributed by atoms with Crippen molar-refractivity contribution >= 4 is 34.3 Å². The van der Waals surface area contributed by atoms with Crippen LogP contribution in [0.5, 0.6) is 0 Å². The van der Waals surface area contributed by atoms with E-state index in [-0.39, 0.29) is 31.3 Å². The summed E-state index contributed by atoms with van der Waals surface area (Å²) < 4.78 is 0. The predicted molar refractivity (Wildman–Crippen MR) is 102 cm³/mol. The van der Waals surface area contributed by atoms with Crippen LogP contribution in [0.2, 0.25) is 0 Å². The molecular formula is C19H20N4O3S. The molecule has 4 amide bonds. The summed E-state index contributed by atoms with van der Waals surface area (Å²) in [5.74, 6) is -0.125. The molecule has 2 aromatic rings. The van der Waals surface area contributed by atoms with Gasteiger partial charge in [0.25, 0.3) is 0 Å². The van der Waals surface area contributed by atoms with Gasteiger partial charge in [0.05, 0.1) is 5.69 Å². The number of imide groups is 1. The van der Waals surface area contributed by atoms with Gasteiger partial charge in [0.2, 0.25) is 11.8 Å². The molecule has 0 spiro atoms. The van der Waals surface area contributed by atoms with Gasteiger partial charge in [0, 0.05) is 17.8 Å². The van der Waals surface area contributed by atoms with Crippen molar-refractivity contribution in [1.82, 2.24) is 15.2 Å². The molecule has 1 unspecified atom stereocenters. The highest BCUT2D eigenvalue weighted by Crippen LogP contribution is 2.36. The minimum absolute atomic E-state index is 0.0873. The maximum absolute atomic E-state index is 12.3. The van der Waals surface area contributed by atoms with E-state index in [0.29, 0.717) is 11.0 Å². The highest BCUT2D eigenvalue weighted by molar-refractivity contribution is 7.15. The molecule has 7 nitrogen and oxygen atoms in total. The van der Waals surface area contributed by atoms with Crippen molar-refractivity contribution in [1.29, 1.82) is 0 Å². The van der Waals surface area contributed by atoms with Crippen LogP contribution < -0.4 is 10.6 Å². The summed E-state index contributed by atoms with van der Waals surface area (Å²) in [4.78, 5) is 42.2. The average Bonchev–Trinajstić information content (AvgIpc) is 3.06. The van der Waals surface area contributed by atoms with E-state index < -0.39 is 6.03 Å². The summed E-state index contributed by atoms with van der Waals surface area (Å²) in [6.45, 7) is 0.168. The molecule has 2 aliphatic rings. The molecule has 1 aliphatic heterocycles. The van der Waals surface area contributed by atoms with E-state index in [9.17, 15) is 14.4 Å². The van der Waals surface area contributed by atoms with Crippen LogP contribution in [0.1, 0.15) is 34.9 Å². The number of fused-ring (bicyclic) bond motifs is 1. The van der Waals surface area contributed by atoms with Crippen molar-refractivity contribution in [2.45, 2.75) is 31.6 Å². The molecule has 2 heterocycles. The van der Waals surface area contributed by atoms with Crippen molar-refractivity contribution in [2.75, 3.05) is 18.4 Å². The fraction of sp³-hybridized carbons (Fsp3) is 0.368. The molecule has 1 fully saturated rings. The lowest BCUT2D eigenvalue weighted by molar-refractivity contribution is -0.123. The Hall–Kier alpha value is -2.74. The molecule has 1 aromatic carbocycles. The number of aryl methyl sites for hydroxylation is 1. The van der Waals surface area contributed by atoms with Crippen LogP contribution in [0, 0.1) is 0 Å². The maximum Gasteiger partial charge on any atom is 0.324 e. The topological polar surface area (TPSA) is 91.4 Å². The molecule has 1 saturated heterocycles. The van der Waals surface area contributed by atoms with E-state index in [1.807, 2.05) is 6.07 Å². The zero-order valence-corrected chi connectivity index (χ0v) is 15.6. The number of benzene rings is 1. The predicted octanol–water partition coefficient (Wildman–Crippen LogP) is 2.30. The van der Waals surface area contributed by atoms with Crippen molar-refractivity contribution in [3.8, 4) is 0 Å². The molecule has 2 N–H and O–H groups in total. The zero-order chi connectivity index (χ0) is 18.8. The molecule has 27 heavy (non-hydrogen) atoms. The van der Waals surface area contributed by atoms with Crippen LogP contribution in [0.3, 0.4) is 0 Å². The van der Waals surface area contributed by atoms with E-state index in [0.717, 1.165) is 25.0 Å². The second-order valence-corrected chi connectivity index (χ2v) is 7.90. The first-order valence-corrected chi connectivity index (χ1v) is 9.82. The second kappa shape index (κ2) is 7.48. The number of nitrogens with zero attached hydrogens (tertiary/aromatic N) is 2. The molecule has 0 saturated carbocycles. The van der Waals surface area contributed by atoms with Gasteiger partial charge in [-0.15, -0.1) is 11.3 Å². The number of urea groups is 1. The quantitative estimate of drug-likeness (QED) is 0.846. The Bertz CT molecular complexity index is 880. The number of rotatable bonds is 4. The summed E-state index contributed by atoms with van der Waals surface area (Å²) in [5.41, 5.74) is 2.40. The number of anilines is 1. The summed E-state index contributed by atoms with van der Waals surface area (Å²) >= 11 is 1.51. The molecule has 0 radical (unpaired) electrons. The molecule has 8 heteroatoms. The third kappa shape index (κ3) is 4.00. The molecule has 1 aromatic heterocycles. The fourth-order valence-corrected chi connectivity index (χ4v) is 4.62. The van der Waals surface area contributed by atoms with E-state index in [2.05, 4.69) is 39.9 Å². The van der Waals surface area contributed by atoms with Crippen molar-refractivity contribution in [3.05, 3.63) is 46.5 Å². The Kier molecular flexibility index (Phi) is 4.89. The van der Waals surface area contributed by atoms with Crippen LogP contribution in [0.4, 0.5) is 9.93 Å². The highest BCUT2D eigenvalue weighted by Gasteiger charge is 2.26. The molecule has 1 aliphatic carbocycles. The lowest BCUT2D eigenvalue weighted by atomic mass is 9.85. The largest absolute Gasteiger partial charge is 0.324 e. The molecular weight excluding hydrogens is 364 g/mol. The number of carbonyl (C=O) groups is 3. The Labute approximate surface area is 160 Å². The van der Waals surface area contributed by atoms with Gasteiger partial charge in [-0.05, 0) is 30.7 Å². The van der Waals surface area contributed by atoms with Crippen LogP contribution in [-0.2, 0) is 22.4 Å². The Morgan fingerprint density at radius 1 is 1.26 bits per heavy atom.